The second kappa shape index (κ2) is 7.85. The van der Waals surface area contributed by atoms with E-state index in [0.717, 1.165) is 16.0 Å². The molecule has 32 heavy (non-hydrogen) atoms. The van der Waals surface area contributed by atoms with Crippen LogP contribution < -0.4 is 14.8 Å². The molecule has 1 aliphatic carbocycles. The monoisotopic (exact) mass is 435 g/mol. The zero-order chi connectivity index (χ0) is 22.3. The van der Waals surface area contributed by atoms with Crippen molar-refractivity contribution in [2.24, 2.45) is 0 Å². The molecule has 1 N–H and O–H groups in total. The van der Waals surface area contributed by atoms with Gasteiger partial charge in [0.1, 0.15) is 18.7 Å². The lowest BCUT2D eigenvalue weighted by Crippen LogP contribution is -2.48. The average molecular weight is 435 g/mol. The van der Waals surface area contributed by atoms with Crippen LogP contribution in [-0.2, 0) is 21.5 Å². The van der Waals surface area contributed by atoms with Gasteiger partial charge in [-0.1, -0.05) is 36.4 Å². The minimum absolute atomic E-state index is 0.299. The van der Waals surface area contributed by atoms with Crippen molar-refractivity contribution < 1.29 is 23.9 Å². The van der Waals surface area contributed by atoms with Crippen LogP contribution in [-0.4, -0.2) is 60.0 Å². The maximum Gasteiger partial charge on any atom is 0.325 e. The first-order valence-electron chi connectivity index (χ1n) is 10.9. The highest BCUT2D eigenvalue weighted by Crippen LogP contribution is 2.41. The summed E-state index contributed by atoms with van der Waals surface area (Å²) in [6.07, 6.45) is 0.891. The highest BCUT2D eigenvalue weighted by molar-refractivity contribution is 6.09. The molecule has 0 unspecified atom stereocenters. The summed E-state index contributed by atoms with van der Waals surface area (Å²) in [6.45, 7) is 2.62. The van der Waals surface area contributed by atoms with Gasteiger partial charge < -0.3 is 19.7 Å². The molecule has 0 radical (unpaired) electrons. The predicted octanol–water partition coefficient (Wildman–Crippen LogP) is 2.07. The third-order valence-electron chi connectivity index (χ3n) is 6.44. The van der Waals surface area contributed by atoms with Crippen LogP contribution in [0.1, 0.15) is 24.5 Å². The molecular formula is C24H25N3O5. The van der Waals surface area contributed by atoms with Crippen LogP contribution in [0.25, 0.3) is 0 Å². The Morgan fingerprint density at radius 3 is 2.72 bits per heavy atom. The fraction of sp³-hybridized carbons (Fsp3) is 0.375. The number of nitrogens with zero attached hydrogens (tertiary/aromatic N) is 2. The Bertz CT molecular complexity index is 1090. The van der Waals surface area contributed by atoms with Gasteiger partial charge in [0.05, 0.1) is 6.54 Å². The average Bonchev–Trinajstić information content (AvgIpc) is 3.30. The first-order chi connectivity index (χ1) is 15.5. The Morgan fingerprint density at radius 2 is 1.91 bits per heavy atom. The minimum atomic E-state index is -1.06. The third-order valence-corrected chi connectivity index (χ3v) is 6.44. The summed E-state index contributed by atoms with van der Waals surface area (Å²) >= 11 is 0. The molecule has 3 aliphatic rings. The summed E-state index contributed by atoms with van der Waals surface area (Å²) in [7, 11) is 0. The number of hydrogen-bond donors (Lipinski definition) is 1. The molecule has 166 valence electrons. The number of amides is 4. The minimum Gasteiger partial charge on any atom is -0.486 e. The van der Waals surface area contributed by atoms with Crippen LogP contribution in [0.4, 0.5) is 4.79 Å². The zero-order valence-electron chi connectivity index (χ0n) is 17.9. The molecule has 2 atom stereocenters. The van der Waals surface area contributed by atoms with E-state index in [2.05, 4.69) is 5.32 Å². The normalized spacial score (nSPS) is 23.3. The summed E-state index contributed by atoms with van der Waals surface area (Å²) in [4.78, 5) is 41.7. The van der Waals surface area contributed by atoms with E-state index in [1.807, 2.05) is 55.5 Å². The predicted molar refractivity (Wildman–Crippen MR) is 115 cm³/mol. The van der Waals surface area contributed by atoms with E-state index in [9.17, 15) is 14.4 Å². The number of benzene rings is 2. The van der Waals surface area contributed by atoms with E-state index >= 15 is 0 Å². The summed E-state index contributed by atoms with van der Waals surface area (Å²) < 4.78 is 11.7. The molecule has 8 heteroatoms. The SMILES string of the molecule is CCN(C[C@H]1COc2ccccc2O1)C(=O)CN1C(=O)N[C@]2(CCc3ccccc32)C1=O. The van der Waals surface area contributed by atoms with Crippen LogP contribution in [0.5, 0.6) is 11.5 Å². The van der Waals surface area contributed by atoms with Crippen LogP contribution in [0.2, 0.25) is 0 Å². The van der Waals surface area contributed by atoms with Gasteiger partial charge in [-0.05, 0) is 43.0 Å². The second-order valence-electron chi connectivity index (χ2n) is 8.31. The molecule has 2 heterocycles. The van der Waals surface area contributed by atoms with Gasteiger partial charge in [0, 0.05) is 6.54 Å². The first-order valence-corrected chi connectivity index (χ1v) is 10.9. The number of likely N-dealkylation sites (N-methyl/N-ethyl adjacent to an activating group) is 1. The molecule has 2 aromatic rings. The fourth-order valence-corrected chi connectivity index (χ4v) is 4.77. The van der Waals surface area contributed by atoms with Gasteiger partial charge in [-0.15, -0.1) is 0 Å². The number of aryl methyl sites for hydroxylation is 1. The van der Waals surface area contributed by atoms with Crippen molar-refractivity contribution in [2.45, 2.75) is 31.4 Å². The highest BCUT2D eigenvalue weighted by Gasteiger charge is 2.55. The molecule has 0 bridgehead atoms. The topological polar surface area (TPSA) is 88.2 Å². The molecular weight excluding hydrogens is 410 g/mol. The molecule has 1 spiro atoms. The molecule has 0 aromatic heterocycles. The number of urea groups is 1. The van der Waals surface area contributed by atoms with E-state index in [1.54, 1.807) is 4.90 Å². The molecule has 1 fully saturated rings. The van der Waals surface area contributed by atoms with Crippen LogP contribution in [0.15, 0.2) is 48.5 Å². The Morgan fingerprint density at radius 1 is 1.16 bits per heavy atom. The highest BCUT2D eigenvalue weighted by atomic mass is 16.6. The summed E-state index contributed by atoms with van der Waals surface area (Å²) in [5.41, 5.74) is 0.820. The lowest BCUT2D eigenvalue weighted by molar-refractivity contribution is -0.139. The van der Waals surface area contributed by atoms with Crippen molar-refractivity contribution in [3.05, 3.63) is 59.7 Å². The maximum atomic E-state index is 13.3. The van der Waals surface area contributed by atoms with E-state index in [1.165, 1.54) is 0 Å². The molecule has 8 nitrogen and oxygen atoms in total. The van der Waals surface area contributed by atoms with Gasteiger partial charge >= 0.3 is 6.03 Å². The number of carbonyl (C=O) groups is 3. The van der Waals surface area contributed by atoms with Gasteiger partial charge in [0.2, 0.25) is 5.91 Å². The Hall–Kier alpha value is -3.55. The lowest BCUT2D eigenvalue weighted by atomic mass is 9.92. The number of ether oxygens (including phenoxy) is 2. The first kappa shape index (κ1) is 20.4. The van der Waals surface area contributed by atoms with E-state index in [4.69, 9.17) is 9.47 Å². The Balaban J connectivity index is 1.27. The summed E-state index contributed by atoms with van der Waals surface area (Å²) in [5.74, 6) is 0.660. The molecule has 5 rings (SSSR count). The molecule has 2 aromatic carbocycles. The quantitative estimate of drug-likeness (QED) is 0.727. The van der Waals surface area contributed by atoms with Gasteiger partial charge in [0.25, 0.3) is 5.91 Å². The van der Waals surface area contributed by atoms with E-state index in [0.29, 0.717) is 44.0 Å². The zero-order valence-corrected chi connectivity index (χ0v) is 17.9. The number of rotatable bonds is 5. The van der Waals surface area contributed by atoms with Crippen molar-refractivity contribution >= 4 is 17.8 Å². The van der Waals surface area contributed by atoms with Crippen LogP contribution >= 0.6 is 0 Å². The largest absolute Gasteiger partial charge is 0.486 e. The number of hydrogen-bond acceptors (Lipinski definition) is 5. The fourth-order valence-electron chi connectivity index (χ4n) is 4.77. The Kier molecular flexibility index (Phi) is 5.00. The van der Waals surface area contributed by atoms with Crippen molar-refractivity contribution in [3.8, 4) is 11.5 Å². The van der Waals surface area contributed by atoms with Crippen LogP contribution in [0.3, 0.4) is 0 Å². The Labute approximate surface area is 186 Å². The maximum absolute atomic E-state index is 13.3. The number of nitrogens with one attached hydrogen (secondary N) is 1. The third kappa shape index (κ3) is 3.26. The van der Waals surface area contributed by atoms with Crippen molar-refractivity contribution in [1.82, 2.24) is 15.1 Å². The van der Waals surface area contributed by atoms with Gasteiger partial charge in [-0.3, -0.25) is 14.5 Å². The number of carbonyl (C=O) groups excluding carboxylic acids is 3. The van der Waals surface area contributed by atoms with Crippen molar-refractivity contribution in [1.29, 1.82) is 0 Å². The van der Waals surface area contributed by atoms with Gasteiger partial charge in [0.15, 0.2) is 17.6 Å². The van der Waals surface area contributed by atoms with Gasteiger partial charge in [-0.2, -0.15) is 0 Å². The second-order valence-corrected chi connectivity index (χ2v) is 8.31. The number of para-hydroxylation sites is 2. The standard InChI is InChI=1S/C24H25N3O5/c1-2-26(13-17-15-31-19-9-5-6-10-20(19)32-17)21(28)14-27-22(29)24(25-23(27)30)12-11-16-7-3-4-8-18(16)24/h3-10,17H,2,11-15H2,1H3,(H,25,30)/t17-,24-/m0/s1. The van der Waals surface area contributed by atoms with Gasteiger partial charge in [-0.25, -0.2) is 4.79 Å². The van der Waals surface area contributed by atoms with Crippen molar-refractivity contribution in [2.75, 3.05) is 26.2 Å². The van der Waals surface area contributed by atoms with E-state index in [-0.39, 0.29) is 24.5 Å². The van der Waals surface area contributed by atoms with Crippen molar-refractivity contribution in [3.63, 3.8) is 0 Å². The lowest BCUT2D eigenvalue weighted by Gasteiger charge is -2.31. The molecule has 0 saturated carbocycles. The van der Waals surface area contributed by atoms with E-state index < -0.39 is 11.6 Å². The molecule has 2 aliphatic heterocycles. The number of imide groups is 1. The summed E-state index contributed by atoms with van der Waals surface area (Å²) in [5, 5.41) is 2.86. The smallest absolute Gasteiger partial charge is 0.325 e. The van der Waals surface area contributed by atoms with Crippen LogP contribution in [0, 0.1) is 0 Å². The number of fused-ring (bicyclic) bond motifs is 3. The summed E-state index contributed by atoms with van der Waals surface area (Å²) in [6, 6.07) is 14.5. The molecule has 4 amide bonds. The molecule has 1 saturated heterocycles.